The average molecular weight is 273 g/mol. The molecule has 0 aromatic heterocycles. The third-order valence-electron chi connectivity index (χ3n) is 3.97. The summed E-state index contributed by atoms with van der Waals surface area (Å²) in [7, 11) is -2.84. The van der Waals surface area contributed by atoms with Crippen LogP contribution in [0.15, 0.2) is 11.6 Å². The van der Waals surface area contributed by atoms with Gasteiger partial charge in [0.15, 0.2) is 0 Å². The van der Waals surface area contributed by atoms with E-state index in [4.69, 9.17) is 0 Å². The van der Waals surface area contributed by atoms with Gasteiger partial charge in [-0.25, -0.2) is 8.42 Å². The van der Waals surface area contributed by atoms with Crippen molar-refractivity contribution in [3.8, 4) is 0 Å². The SMILES string of the molecule is CC1=CCC[C@H](C)[C@H]1CN[C@@H](C)CCS(C)(=O)=O. The van der Waals surface area contributed by atoms with Crippen molar-refractivity contribution in [2.75, 3.05) is 18.6 Å². The molecule has 18 heavy (non-hydrogen) atoms. The summed E-state index contributed by atoms with van der Waals surface area (Å²) >= 11 is 0. The molecule has 0 aliphatic heterocycles. The number of sulfone groups is 1. The van der Waals surface area contributed by atoms with Crippen LogP contribution in [0.5, 0.6) is 0 Å². The molecule has 106 valence electrons. The first-order chi connectivity index (χ1) is 8.29. The first kappa shape index (κ1) is 15.7. The Balaban J connectivity index is 2.35. The van der Waals surface area contributed by atoms with Gasteiger partial charge in [0.1, 0.15) is 9.84 Å². The largest absolute Gasteiger partial charge is 0.314 e. The summed E-state index contributed by atoms with van der Waals surface area (Å²) in [6.45, 7) is 7.55. The first-order valence-corrected chi connectivity index (χ1v) is 8.93. The Bertz CT molecular complexity index is 387. The highest BCUT2D eigenvalue weighted by Gasteiger charge is 2.22. The van der Waals surface area contributed by atoms with Gasteiger partial charge in [0.05, 0.1) is 5.75 Å². The highest BCUT2D eigenvalue weighted by atomic mass is 32.2. The summed E-state index contributed by atoms with van der Waals surface area (Å²) in [5.74, 6) is 1.61. The molecule has 0 unspecified atom stereocenters. The van der Waals surface area contributed by atoms with Crippen LogP contribution in [0.25, 0.3) is 0 Å². The lowest BCUT2D eigenvalue weighted by Crippen LogP contribution is -2.36. The molecular formula is C14H27NO2S. The topological polar surface area (TPSA) is 46.2 Å². The number of hydrogen-bond acceptors (Lipinski definition) is 3. The van der Waals surface area contributed by atoms with Crippen molar-refractivity contribution in [2.45, 2.75) is 46.1 Å². The van der Waals surface area contributed by atoms with Crippen molar-refractivity contribution < 1.29 is 8.42 Å². The van der Waals surface area contributed by atoms with Gasteiger partial charge in [0, 0.05) is 18.8 Å². The molecule has 0 aromatic rings. The molecular weight excluding hydrogens is 246 g/mol. The van der Waals surface area contributed by atoms with Crippen molar-refractivity contribution in [3.05, 3.63) is 11.6 Å². The summed E-state index contributed by atoms with van der Waals surface area (Å²) < 4.78 is 22.2. The molecule has 0 amide bonds. The van der Waals surface area contributed by atoms with E-state index in [-0.39, 0.29) is 11.8 Å². The molecule has 0 saturated heterocycles. The van der Waals surface area contributed by atoms with Crippen molar-refractivity contribution in [1.29, 1.82) is 0 Å². The molecule has 4 heteroatoms. The average Bonchev–Trinajstić information content (AvgIpc) is 2.25. The lowest BCUT2D eigenvalue weighted by atomic mass is 9.80. The lowest BCUT2D eigenvalue weighted by Gasteiger charge is -2.30. The van der Waals surface area contributed by atoms with Crippen LogP contribution in [0.2, 0.25) is 0 Å². The van der Waals surface area contributed by atoms with E-state index in [1.165, 1.54) is 24.7 Å². The molecule has 0 bridgehead atoms. The van der Waals surface area contributed by atoms with Crippen molar-refractivity contribution in [2.24, 2.45) is 11.8 Å². The van der Waals surface area contributed by atoms with Crippen LogP contribution in [0, 0.1) is 11.8 Å². The molecule has 0 radical (unpaired) electrons. The maximum atomic E-state index is 11.1. The zero-order chi connectivity index (χ0) is 13.8. The van der Waals surface area contributed by atoms with Gasteiger partial charge in [-0.15, -0.1) is 0 Å². The normalized spacial score (nSPS) is 26.8. The summed E-state index contributed by atoms with van der Waals surface area (Å²) in [5.41, 5.74) is 1.48. The van der Waals surface area contributed by atoms with Crippen LogP contribution in [-0.2, 0) is 9.84 Å². The van der Waals surface area contributed by atoms with Gasteiger partial charge in [0.25, 0.3) is 0 Å². The van der Waals surface area contributed by atoms with Gasteiger partial charge in [-0.3, -0.25) is 0 Å². The first-order valence-electron chi connectivity index (χ1n) is 6.87. The Morgan fingerprint density at radius 3 is 2.72 bits per heavy atom. The highest BCUT2D eigenvalue weighted by Crippen LogP contribution is 2.29. The van der Waals surface area contributed by atoms with E-state index in [0.29, 0.717) is 12.3 Å². The molecule has 0 spiro atoms. The van der Waals surface area contributed by atoms with Gasteiger partial charge in [-0.2, -0.15) is 0 Å². The number of nitrogens with one attached hydrogen (secondary N) is 1. The van der Waals surface area contributed by atoms with Crippen LogP contribution < -0.4 is 5.32 Å². The zero-order valence-corrected chi connectivity index (χ0v) is 12.9. The monoisotopic (exact) mass is 273 g/mol. The second-order valence-electron chi connectivity index (χ2n) is 5.84. The van der Waals surface area contributed by atoms with E-state index >= 15 is 0 Å². The molecule has 1 rings (SSSR count). The Kier molecular flexibility index (Phi) is 5.86. The van der Waals surface area contributed by atoms with E-state index in [1.54, 1.807) is 0 Å². The molecule has 1 aliphatic rings. The fourth-order valence-corrected chi connectivity index (χ4v) is 3.34. The second-order valence-corrected chi connectivity index (χ2v) is 8.10. The maximum Gasteiger partial charge on any atom is 0.147 e. The Labute approximate surface area is 112 Å². The molecule has 3 atom stereocenters. The highest BCUT2D eigenvalue weighted by molar-refractivity contribution is 7.90. The lowest BCUT2D eigenvalue weighted by molar-refractivity contribution is 0.336. The number of hydrogen-bond donors (Lipinski definition) is 1. The van der Waals surface area contributed by atoms with E-state index < -0.39 is 9.84 Å². The Morgan fingerprint density at radius 1 is 1.50 bits per heavy atom. The minimum absolute atomic E-state index is 0.265. The Hall–Kier alpha value is -0.350. The minimum atomic E-state index is -2.84. The molecule has 1 N–H and O–H groups in total. The zero-order valence-electron chi connectivity index (χ0n) is 12.1. The van der Waals surface area contributed by atoms with Gasteiger partial charge < -0.3 is 5.32 Å². The number of allylic oxidation sites excluding steroid dienone is 1. The third-order valence-corrected chi connectivity index (χ3v) is 4.95. The molecule has 3 nitrogen and oxygen atoms in total. The Morgan fingerprint density at radius 2 is 2.17 bits per heavy atom. The van der Waals surface area contributed by atoms with Crippen LogP contribution in [0.4, 0.5) is 0 Å². The second kappa shape index (κ2) is 6.71. The van der Waals surface area contributed by atoms with Crippen LogP contribution in [-0.4, -0.2) is 33.0 Å². The quantitative estimate of drug-likeness (QED) is 0.756. The van der Waals surface area contributed by atoms with Gasteiger partial charge in [0.2, 0.25) is 0 Å². The summed E-state index contributed by atoms with van der Waals surface area (Å²) in [6, 6.07) is 0.265. The van der Waals surface area contributed by atoms with E-state index in [2.05, 4.69) is 32.2 Å². The summed E-state index contributed by atoms with van der Waals surface area (Å²) in [4.78, 5) is 0. The molecule has 1 aliphatic carbocycles. The van der Waals surface area contributed by atoms with Crippen molar-refractivity contribution in [1.82, 2.24) is 5.32 Å². The van der Waals surface area contributed by atoms with Crippen LogP contribution in [0.3, 0.4) is 0 Å². The van der Waals surface area contributed by atoms with Crippen molar-refractivity contribution >= 4 is 9.84 Å². The van der Waals surface area contributed by atoms with Gasteiger partial charge in [-0.1, -0.05) is 18.6 Å². The maximum absolute atomic E-state index is 11.1. The fraction of sp³-hybridized carbons (Fsp3) is 0.857. The van der Waals surface area contributed by atoms with E-state index in [1.807, 2.05) is 0 Å². The van der Waals surface area contributed by atoms with Crippen LogP contribution >= 0.6 is 0 Å². The van der Waals surface area contributed by atoms with Gasteiger partial charge in [-0.05, 0) is 44.9 Å². The standard InChI is InChI=1S/C14H27NO2S/c1-11-6-5-7-12(2)14(11)10-15-13(3)8-9-18(4,16)17/h6,12-15H,5,7-10H2,1-4H3/t12-,13-,14-/m0/s1. The smallest absolute Gasteiger partial charge is 0.147 e. The predicted octanol–water partition coefficient (Wildman–Crippen LogP) is 2.39. The third kappa shape index (κ3) is 5.53. The predicted molar refractivity (Wildman–Crippen MR) is 77.4 cm³/mol. The van der Waals surface area contributed by atoms with E-state index in [0.717, 1.165) is 12.5 Å². The molecule has 0 fully saturated rings. The van der Waals surface area contributed by atoms with Crippen LogP contribution in [0.1, 0.15) is 40.0 Å². The molecule has 0 heterocycles. The van der Waals surface area contributed by atoms with Crippen molar-refractivity contribution in [3.63, 3.8) is 0 Å². The minimum Gasteiger partial charge on any atom is -0.314 e. The van der Waals surface area contributed by atoms with E-state index in [9.17, 15) is 8.42 Å². The summed E-state index contributed by atoms with van der Waals surface area (Å²) in [6.07, 6.45) is 6.81. The van der Waals surface area contributed by atoms with Gasteiger partial charge >= 0.3 is 0 Å². The fourth-order valence-electron chi connectivity index (χ4n) is 2.56. The molecule has 0 aromatic carbocycles. The molecule has 0 saturated carbocycles. The summed E-state index contributed by atoms with van der Waals surface area (Å²) in [5, 5.41) is 3.48. The number of rotatable bonds is 6.